The van der Waals surface area contributed by atoms with Gasteiger partial charge in [0.15, 0.2) is 0 Å². The van der Waals surface area contributed by atoms with Crippen LogP contribution in [0.15, 0.2) is 71.7 Å². The molecule has 1 heterocycles. The van der Waals surface area contributed by atoms with Gasteiger partial charge in [0, 0.05) is 16.8 Å². The lowest BCUT2D eigenvalue weighted by atomic mass is 9.96. The SMILES string of the molecule is Cc1cc(C)cc(NC(=O)c2c(N=Cc3ccc(OCc4ccc(F)cc4)cc3)sc3c2CCCCCC3)c1. The Morgan fingerprint density at radius 2 is 1.64 bits per heavy atom. The molecule has 1 aliphatic rings. The maximum atomic E-state index is 13.6. The number of aliphatic imine (C=N–C) groups is 1. The summed E-state index contributed by atoms with van der Waals surface area (Å²) in [5.41, 5.74) is 6.76. The molecule has 39 heavy (non-hydrogen) atoms. The van der Waals surface area contributed by atoms with Crippen molar-refractivity contribution in [1.82, 2.24) is 0 Å². The summed E-state index contributed by atoms with van der Waals surface area (Å²) in [4.78, 5) is 19.8. The lowest BCUT2D eigenvalue weighted by molar-refractivity contribution is 0.102. The molecule has 0 atom stereocenters. The summed E-state index contributed by atoms with van der Waals surface area (Å²) in [6, 6.07) is 20.1. The van der Waals surface area contributed by atoms with Crippen LogP contribution in [0.1, 0.15) is 68.7 Å². The van der Waals surface area contributed by atoms with E-state index >= 15 is 0 Å². The van der Waals surface area contributed by atoms with Crippen molar-refractivity contribution < 1.29 is 13.9 Å². The van der Waals surface area contributed by atoms with Crippen LogP contribution in [0.4, 0.5) is 15.1 Å². The zero-order chi connectivity index (χ0) is 27.2. The van der Waals surface area contributed by atoms with Gasteiger partial charge in [0.2, 0.25) is 0 Å². The van der Waals surface area contributed by atoms with E-state index in [9.17, 15) is 9.18 Å². The minimum Gasteiger partial charge on any atom is -0.489 e. The first-order valence-electron chi connectivity index (χ1n) is 13.5. The summed E-state index contributed by atoms with van der Waals surface area (Å²) in [5.74, 6) is 0.379. The van der Waals surface area contributed by atoms with Crippen molar-refractivity contribution in [3.8, 4) is 5.75 Å². The number of thiophene rings is 1. The molecule has 0 unspecified atom stereocenters. The molecule has 0 radical (unpaired) electrons. The quantitative estimate of drug-likeness (QED) is 0.238. The van der Waals surface area contributed by atoms with Gasteiger partial charge in [-0.3, -0.25) is 4.79 Å². The Balaban J connectivity index is 1.36. The average molecular weight is 541 g/mol. The van der Waals surface area contributed by atoms with E-state index in [1.807, 2.05) is 56.5 Å². The number of carbonyl (C=O) groups excluding carboxylic acids is 1. The molecule has 1 aliphatic carbocycles. The molecular weight excluding hydrogens is 507 g/mol. The zero-order valence-electron chi connectivity index (χ0n) is 22.4. The van der Waals surface area contributed by atoms with Crippen LogP contribution in [0, 0.1) is 19.7 Å². The fraction of sp³-hybridized carbons (Fsp3) is 0.273. The highest BCUT2D eigenvalue weighted by Gasteiger charge is 2.24. The van der Waals surface area contributed by atoms with Crippen molar-refractivity contribution in [3.05, 3.63) is 111 Å². The van der Waals surface area contributed by atoms with Gasteiger partial charge in [-0.15, -0.1) is 11.3 Å². The normalized spacial score (nSPS) is 13.5. The van der Waals surface area contributed by atoms with E-state index in [1.54, 1.807) is 23.5 Å². The summed E-state index contributed by atoms with van der Waals surface area (Å²) < 4.78 is 18.9. The van der Waals surface area contributed by atoms with Gasteiger partial charge in [0.05, 0.1) is 5.56 Å². The number of ether oxygens (including phenoxy) is 1. The Morgan fingerprint density at radius 3 is 2.36 bits per heavy atom. The molecule has 0 aliphatic heterocycles. The van der Waals surface area contributed by atoms with Crippen molar-refractivity contribution >= 4 is 34.1 Å². The molecule has 0 saturated heterocycles. The molecule has 4 aromatic rings. The molecule has 0 bridgehead atoms. The topological polar surface area (TPSA) is 50.7 Å². The number of amides is 1. The largest absolute Gasteiger partial charge is 0.489 e. The Hall–Kier alpha value is -3.77. The van der Waals surface area contributed by atoms with Crippen LogP contribution in [0.5, 0.6) is 5.75 Å². The van der Waals surface area contributed by atoms with Crippen LogP contribution in [-0.4, -0.2) is 12.1 Å². The van der Waals surface area contributed by atoms with Crippen LogP contribution in [0.25, 0.3) is 0 Å². The molecule has 0 spiro atoms. The van der Waals surface area contributed by atoms with Crippen LogP contribution >= 0.6 is 11.3 Å². The van der Waals surface area contributed by atoms with Gasteiger partial charge >= 0.3 is 0 Å². The fourth-order valence-corrected chi connectivity index (χ4v) is 6.23. The van der Waals surface area contributed by atoms with Crippen LogP contribution < -0.4 is 10.1 Å². The number of fused-ring (bicyclic) bond motifs is 1. The lowest BCUT2D eigenvalue weighted by Crippen LogP contribution is -2.14. The molecule has 1 aromatic heterocycles. The maximum Gasteiger partial charge on any atom is 0.259 e. The average Bonchev–Trinajstić information content (AvgIpc) is 3.23. The van der Waals surface area contributed by atoms with Gasteiger partial charge in [0.1, 0.15) is 23.2 Å². The molecule has 6 heteroatoms. The smallest absolute Gasteiger partial charge is 0.259 e. The van der Waals surface area contributed by atoms with E-state index in [0.29, 0.717) is 12.2 Å². The Bertz CT molecular complexity index is 1450. The summed E-state index contributed by atoms with van der Waals surface area (Å²) >= 11 is 1.65. The molecule has 3 aromatic carbocycles. The van der Waals surface area contributed by atoms with Crippen molar-refractivity contribution in [1.29, 1.82) is 0 Å². The third-order valence-electron chi connectivity index (χ3n) is 6.89. The van der Waals surface area contributed by atoms with Gasteiger partial charge in [-0.05, 0) is 116 Å². The number of hydrogen-bond acceptors (Lipinski definition) is 4. The first-order chi connectivity index (χ1) is 18.9. The summed E-state index contributed by atoms with van der Waals surface area (Å²) in [6.07, 6.45) is 8.40. The molecule has 4 nitrogen and oxygen atoms in total. The second-order valence-corrected chi connectivity index (χ2v) is 11.3. The molecule has 1 N–H and O–H groups in total. The van der Waals surface area contributed by atoms with E-state index in [1.165, 1.54) is 35.4 Å². The minimum absolute atomic E-state index is 0.0882. The van der Waals surface area contributed by atoms with E-state index in [2.05, 4.69) is 11.4 Å². The predicted molar refractivity (Wildman–Crippen MR) is 158 cm³/mol. The molecular formula is C33H33FN2O2S. The number of anilines is 1. The second-order valence-electron chi connectivity index (χ2n) is 10.2. The summed E-state index contributed by atoms with van der Waals surface area (Å²) in [6.45, 7) is 4.45. The maximum absolute atomic E-state index is 13.6. The third kappa shape index (κ3) is 7.01. The number of nitrogens with zero attached hydrogens (tertiary/aromatic N) is 1. The standard InChI is InChI=1S/C33H33FN2O2S/c1-22-17-23(2)19-27(18-22)36-32(37)31-29-7-5-3-4-6-8-30(29)39-33(31)35-20-24-11-15-28(16-12-24)38-21-25-9-13-26(34)14-10-25/h9-20H,3-8,21H2,1-2H3,(H,36,37). The lowest BCUT2D eigenvalue weighted by Gasteiger charge is -2.12. The van der Waals surface area contributed by atoms with Gasteiger partial charge in [-0.2, -0.15) is 0 Å². The minimum atomic E-state index is -0.258. The first kappa shape index (κ1) is 26.8. The van der Waals surface area contributed by atoms with Crippen LogP contribution in [-0.2, 0) is 19.4 Å². The van der Waals surface area contributed by atoms with Crippen molar-refractivity contribution in [2.24, 2.45) is 4.99 Å². The van der Waals surface area contributed by atoms with E-state index in [-0.39, 0.29) is 11.7 Å². The van der Waals surface area contributed by atoms with E-state index in [0.717, 1.165) is 64.4 Å². The monoisotopic (exact) mass is 540 g/mol. The summed E-state index contributed by atoms with van der Waals surface area (Å²) in [7, 11) is 0. The third-order valence-corrected chi connectivity index (χ3v) is 8.09. The fourth-order valence-electron chi connectivity index (χ4n) is 5.00. The van der Waals surface area contributed by atoms with Crippen LogP contribution in [0.2, 0.25) is 0 Å². The molecule has 1 amide bonds. The number of benzene rings is 3. The first-order valence-corrected chi connectivity index (χ1v) is 14.3. The molecule has 0 saturated carbocycles. The van der Waals surface area contributed by atoms with Crippen molar-refractivity contribution in [3.63, 3.8) is 0 Å². The predicted octanol–water partition coefficient (Wildman–Crippen LogP) is 8.74. The van der Waals surface area contributed by atoms with Gasteiger partial charge in [-0.25, -0.2) is 9.38 Å². The van der Waals surface area contributed by atoms with Gasteiger partial charge in [-0.1, -0.05) is 31.0 Å². The Kier molecular flexibility index (Phi) is 8.52. The number of hydrogen-bond donors (Lipinski definition) is 1. The highest BCUT2D eigenvalue weighted by Crippen LogP contribution is 2.39. The number of carbonyl (C=O) groups is 1. The second kappa shape index (κ2) is 12.4. The Morgan fingerprint density at radius 1 is 0.949 bits per heavy atom. The van der Waals surface area contributed by atoms with Gasteiger partial charge in [0.25, 0.3) is 5.91 Å². The van der Waals surface area contributed by atoms with Crippen molar-refractivity contribution in [2.75, 3.05) is 5.32 Å². The van der Waals surface area contributed by atoms with E-state index in [4.69, 9.17) is 9.73 Å². The molecule has 5 rings (SSSR count). The highest BCUT2D eigenvalue weighted by atomic mass is 32.1. The number of halogens is 1. The highest BCUT2D eigenvalue weighted by molar-refractivity contribution is 7.16. The van der Waals surface area contributed by atoms with Crippen molar-refractivity contribution in [2.45, 2.75) is 59.0 Å². The number of aryl methyl sites for hydroxylation is 3. The molecule has 0 fully saturated rings. The Labute approximate surface area is 233 Å². The molecule has 200 valence electrons. The summed E-state index contributed by atoms with van der Waals surface area (Å²) in [5, 5.41) is 3.91. The number of rotatable bonds is 7. The number of nitrogens with one attached hydrogen (secondary N) is 1. The van der Waals surface area contributed by atoms with Gasteiger partial charge < -0.3 is 10.1 Å². The van der Waals surface area contributed by atoms with E-state index < -0.39 is 0 Å². The zero-order valence-corrected chi connectivity index (χ0v) is 23.2. The van der Waals surface area contributed by atoms with Crippen LogP contribution in [0.3, 0.4) is 0 Å².